The first kappa shape index (κ1) is 9.64. The molecule has 5 nitrogen and oxygen atoms in total. The smallest absolute Gasteiger partial charge is 0.283 e. The molecule has 0 unspecified atom stereocenters. The summed E-state index contributed by atoms with van der Waals surface area (Å²) in [4.78, 5) is 20.6. The summed E-state index contributed by atoms with van der Waals surface area (Å²) in [6.45, 7) is 0. The Bertz CT molecular complexity index is 412. The van der Waals surface area contributed by atoms with E-state index in [0.717, 1.165) is 12.8 Å². The van der Waals surface area contributed by atoms with Gasteiger partial charge in [-0.1, -0.05) is 0 Å². The molecule has 0 radical (unpaired) electrons. The number of benzene rings is 1. The summed E-state index contributed by atoms with van der Waals surface area (Å²) < 4.78 is 5.40. The maximum Gasteiger partial charge on any atom is 0.283 e. The van der Waals surface area contributed by atoms with Gasteiger partial charge in [0.25, 0.3) is 5.69 Å². The molecule has 0 aliphatic heterocycles. The Kier molecular flexibility index (Phi) is 2.37. The molecule has 1 aromatic carbocycles. The fourth-order valence-corrected chi connectivity index (χ4v) is 1.23. The fourth-order valence-electron chi connectivity index (χ4n) is 1.23. The van der Waals surface area contributed by atoms with Crippen LogP contribution in [0.15, 0.2) is 18.2 Å². The van der Waals surface area contributed by atoms with Crippen molar-refractivity contribution in [2.45, 2.75) is 18.9 Å². The Morgan fingerprint density at radius 1 is 1.47 bits per heavy atom. The molecule has 0 aromatic heterocycles. The molecule has 0 N–H and O–H groups in total. The van der Waals surface area contributed by atoms with E-state index in [1.807, 2.05) is 0 Å². The van der Waals surface area contributed by atoms with Gasteiger partial charge in [0.1, 0.15) is 5.75 Å². The molecule has 1 aliphatic rings. The van der Waals surface area contributed by atoms with Gasteiger partial charge in [-0.15, -0.1) is 0 Å². The molecular formula is C10H9NO4. The topological polar surface area (TPSA) is 69.4 Å². The van der Waals surface area contributed by atoms with Crippen molar-refractivity contribution >= 4 is 12.0 Å². The van der Waals surface area contributed by atoms with Gasteiger partial charge < -0.3 is 4.74 Å². The van der Waals surface area contributed by atoms with Crippen LogP contribution in [-0.2, 0) is 0 Å². The average Bonchev–Trinajstić information content (AvgIpc) is 3.01. The molecule has 0 saturated heterocycles. The van der Waals surface area contributed by atoms with Crippen molar-refractivity contribution < 1.29 is 14.5 Å². The zero-order valence-corrected chi connectivity index (χ0v) is 7.88. The van der Waals surface area contributed by atoms with Gasteiger partial charge in [-0.05, 0) is 25.0 Å². The SMILES string of the molecule is O=Cc1ccc(OC2CC2)cc1[N+](=O)[O-]. The fraction of sp³-hybridized carbons (Fsp3) is 0.300. The Balaban J connectivity index is 2.30. The van der Waals surface area contributed by atoms with Crippen LogP contribution in [0.4, 0.5) is 5.69 Å². The zero-order chi connectivity index (χ0) is 10.8. The predicted molar refractivity (Wildman–Crippen MR) is 52.1 cm³/mol. The van der Waals surface area contributed by atoms with Crippen molar-refractivity contribution in [2.24, 2.45) is 0 Å². The number of hydrogen-bond acceptors (Lipinski definition) is 4. The molecule has 0 bridgehead atoms. The molecule has 0 atom stereocenters. The average molecular weight is 207 g/mol. The molecule has 1 aromatic rings. The van der Waals surface area contributed by atoms with Crippen molar-refractivity contribution in [3.8, 4) is 5.75 Å². The zero-order valence-electron chi connectivity index (χ0n) is 7.88. The highest BCUT2D eigenvalue weighted by molar-refractivity contribution is 5.81. The minimum Gasteiger partial charge on any atom is -0.490 e. The number of carbonyl (C=O) groups excluding carboxylic acids is 1. The molecule has 0 amide bonds. The van der Waals surface area contributed by atoms with E-state index in [1.54, 1.807) is 6.07 Å². The van der Waals surface area contributed by atoms with Gasteiger partial charge in [-0.3, -0.25) is 14.9 Å². The van der Waals surface area contributed by atoms with Crippen LogP contribution < -0.4 is 4.74 Å². The summed E-state index contributed by atoms with van der Waals surface area (Å²) in [6.07, 6.45) is 2.64. The van der Waals surface area contributed by atoms with Crippen molar-refractivity contribution in [3.63, 3.8) is 0 Å². The lowest BCUT2D eigenvalue weighted by atomic mass is 10.2. The number of rotatable bonds is 4. The highest BCUT2D eigenvalue weighted by Crippen LogP contribution is 2.30. The van der Waals surface area contributed by atoms with E-state index in [1.165, 1.54) is 12.1 Å². The second-order valence-corrected chi connectivity index (χ2v) is 3.41. The summed E-state index contributed by atoms with van der Waals surface area (Å²) in [5.41, 5.74) is -0.133. The molecule has 5 heteroatoms. The first-order valence-electron chi connectivity index (χ1n) is 4.61. The third kappa shape index (κ3) is 2.12. The van der Waals surface area contributed by atoms with E-state index in [4.69, 9.17) is 4.74 Å². The summed E-state index contributed by atoms with van der Waals surface area (Å²) in [7, 11) is 0. The molecular weight excluding hydrogens is 198 g/mol. The van der Waals surface area contributed by atoms with E-state index in [9.17, 15) is 14.9 Å². The van der Waals surface area contributed by atoms with Crippen LogP contribution in [0.3, 0.4) is 0 Å². The molecule has 0 spiro atoms. The van der Waals surface area contributed by atoms with Crippen LogP contribution in [0.2, 0.25) is 0 Å². The number of ether oxygens (including phenoxy) is 1. The molecule has 15 heavy (non-hydrogen) atoms. The van der Waals surface area contributed by atoms with Crippen LogP contribution >= 0.6 is 0 Å². The second kappa shape index (κ2) is 3.68. The Labute approximate surface area is 85.8 Å². The Hall–Kier alpha value is -1.91. The highest BCUT2D eigenvalue weighted by atomic mass is 16.6. The largest absolute Gasteiger partial charge is 0.490 e. The summed E-state index contributed by atoms with van der Waals surface area (Å²) in [5, 5.41) is 10.6. The quantitative estimate of drug-likeness (QED) is 0.430. The van der Waals surface area contributed by atoms with E-state index < -0.39 is 4.92 Å². The van der Waals surface area contributed by atoms with E-state index in [-0.39, 0.29) is 17.4 Å². The molecule has 1 aliphatic carbocycles. The first-order valence-corrected chi connectivity index (χ1v) is 4.61. The number of carbonyl (C=O) groups is 1. The summed E-state index contributed by atoms with van der Waals surface area (Å²) in [6, 6.07) is 4.28. The second-order valence-electron chi connectivity index (χ2n) is 3.41. The van der Waals surface area contributed by atoms with E-state index in [2.05, 4.69) is 0 Å². The number of nitro groups is 1. The maximum atomic E-state index is 10.6. The van der Waals surface area contributed by atoms with Crippen molar-refractivity contribution in [2.75, 3.05) is 0 Å². The molecule has 78 valence electrons. The van der Waals surface area contributed by atoms with Gasteiger partial charge in [0.15, 0.2) is 6.29 Å². The first-order chi connectivity index (χ1) is 7.20. The van der Waals surface area contributed by atoms with Crippen LogP contribution in [0, 0.1) is 10.1 Å². The lowest BCUT2D eigenvalue weighted by Crippen LogP contribution is -1.99. The van der Waals surface area contributed by atoms with Gasteiger partial charge >= 0.3 is 0 Å². The third-order valence-electron chi connectivity index (χ3n) is 2.15. The number of hydrogen-bond donors (Lipinski definition) is 0. The Morgan fingerprint density at radius 3 is 2.73 bits per heavy atom. The molecule has 0 heterocycles. The lowest BCUT2D eigenvalue weighted by Gasteiger charge is -2.04. The molecule has 1 saturated carbocycles. The number of aldehydes is 1. The predicted octanol–water partition coefficient (Wildman–Crippen LogP) is 1.95. The summed E-state index contributed by atoms with van der Waals surface area (Å²) in [5.74, 6) is 0.454. The van der Waals surface area contributed by atoms with Crippen molar-refractivity contribution in [1.82, 2.24) is 0 Å². The van der Waals surface area contributed by atoms with Gasteiger partial charge in [-0.2, -0.15) is 0 Å². The number of nitrogens with zero attached hydrogens (tertiary/aromatic N) is 1. The van der Waals surface area contributed by atoms with Crippen LogP contribution in [-0.4, -0.2) is 17.3 Å². The highest BCUT2D eigenvalue weighted by Gasteiger charge is 2.24. The monoisotopic (exact) mass is 207 g/mol. The van der Waals surface area contributed by atoms with Gasteiger partial charge in [0, 0.05) is 0 Å². The van der Waals surface area contributed by atoms with E-state index in [0.29, 0.717) is 12.0 Å². The van der Waals surface area contributed by atoms with Crippen molar-refractivity contribution in [1.29, 1.82) is 0 Å². The number of nitro benzene ring substituents is 1. The van der Waals surface area contributed by atoms with Gasteiger partial charge in [0.05, 0.1) is 22.7 Å². The minimum atomic E-state index is -0.580. The van der Waals surface area contributed by atoms with Gasteiger partial charge in [0.2, 0.25) is 0 Å². The van der Waals surface area contributed by atoms with Crippen LogP contribution in [0.5, 0.6) is 5.75 Å². The maximum absolute atomic E-state index is 10.6. The van der Waals surface area contributed by atoms with Crippen molar-refractivity contribution in [3.05, 3.63) is 33.9 Å². The normalized spacial score (nSPS) is 14.7. The van der Waals surface area contributed by atoms with Crippen LogP contribution in [0.25, 0.3) is 0 Å². The summed E-state index contributed by atoms with van der Waals surface area (Å²) >= 11 is 0. The minimum absolute atomic E-state index is 0.0724. The Morgan fingerprint density at radius 2 is 2.20 bits per heavy atom. The third-order valence-corrected chi connectivity index (χ3v) is 2.15. The van der Waals surface area contributed by atoms with E-state index >= 15 is 0 Å². The van der Waals surface area contributed by atoms with Gasteiger partial charge in [-0.25, -0.2) is 0 Å². The molecule has 2 rings (SSSR count). The van der Waals surface area contributed by atoms with Crippen LogP contribution in [0.1, 0.15) is 23.2 Å². The standard InChI is InChI=1S/C10H9NO4/c12-6-7-1-2-9(15-8-3-4-8)5-10(7)11(13)14/h1-2,5-6,8H,3-4H2. The molecule has 1 fully saturated rings. The lowest BCUT2D eigenvalue weighted by molar-refractivity contribution is -0.385.